The maximum absolute atomic E-state index is 9.46. The summed E-state index contributed by atoms with van der Waals surface area (Å²) in [5.74, 6) is 0.553. The number of hydrogen-bond acceptors (Lipinski definition) is 5. The van der Waals surface area contributed by atoms with Crippen molar-refractivity contribution in [3.8, 4) is 11.3 Å². The molecule has 0 aliphatic heterocycles. The fourth-order valence-electron chi connectivity index (χ4n) is 3.20. The van der Waals surface area contributed by atoms with E-state index in [2.05, 4.69) is 34.2 Å². The monoisotopic (exact) mass is 409 g/mol. The number of rotatable bonds is 5. The average molecular weight is 410 g/mol. The summed E-state index contributed by atoms with van der Waals surface area (Å²) < 4.78 is 1.18. The number of halogens is 1. The lowest BCUT2D eigenvalue weighted by Crippen LogP contribution is -1.99. The van der Waals surface area contributed by atoms with E-state index < -0.39 is 0 Å². The molecule has 0 amide bonds. The molecule has 0 saturated carbocycles. The van der Waals surface area contributed by atoms with Gasteiger partial charge in [0, 0.05) is 40.3 Å². The van der Waals surface area contributed by atoms with Crippen molar-refractivity contribution in [1.82, 2.24) is 9.97 Å². The second-order valence-corrected chi connectivity index (χ2v) is 8.38. The molecule has 1 atom stereocenters. The number of anilines is 1. The van der Waals surface area contributed by atoms with Crippen LogP contribution in [0.15, 0.2) is 54.7 Å². The fraction of sp³-hybridized carbons (Fsp3) is 0.182. The largest absolute Gasteiger partial charge is 0.396 e. The van der Waals surface area contributed by atoms with Gasteiger partial charge in [-0.25, -0.2) is 4.98 Å². The molecule has 3 N–H and O–H groups in total. The van der Waals surface area contributed by atoms with Gasteiger partial charge in [0.15, 0.2) is 0 Å². The van der Waals surface area contributed by atoms with Gasteiger partial charge in [-0.05, 0) is 41.3 Å². The Balaban J connectivity index is 1.75. The van der Waals surface area contributed by atoms with Crippen LogP contribution in [0, 0.1) is 0 Å². The van der Waals surface area contributed by atoms with Crippen molar-refractivity contribution in [2.75, 3.05) is 12.3 Å². The third kappa shape index (κ3) is 3.74. The molecule has 3 heterocycles. The molecule has 0 aliphatic carbocycles. The smallest absolute Gasteiger partial charge is 0.123 e. The zero-order valence-corrected chi connectivity index (χ0v) is 17.0. The fourth-order valence-corrected chi connectivity index (χ4v) is 4.56. The molecule has 0 fully saturated rings. The number of fused-ring (bicyclic) bond motifs is 1. The van der Waals surface area contributed by atoms with Crippen LogP contribution in [0.2, 0.25) is 5.02 Å². The van der Waals surface area contributed by atoms with Crippen LogP contribution in [0.4, 0.5) is 5.82 Å². The third-order valence-corrected chi connectivity index (χ3v) is 6.31. The first-order chi connectivity index (χ1) is 13.5. The summed E-state index contributed by atoms with van der Waals surface area (Å²) >= 11 is 8.01. The SMILES string of the molecule is CC(CO)c1ccnc(-c2cccc3cc(Cc4nc(N)ccc4Cl)sc23)c1. The molecule has 142 valence electrons. The molecule has 4 aromatic rings. The molecule has 28 heavy (non-hydrogen) atoms. The number of hydrogen-bond donors (Lipinski definition) is 2. The summed E-state index contributed by atoms with van der Waals surface area (Å²) in [6.07, 6.45) is 2.44. The lowest BCUT2D eigenvalue weighted by molar-refractivity contribution is 0.273. The van der Waals surface area contributed by atoms with Crippen molar-refractivity contribution in [3.05, 3.63) is 75.9 Å². The molecule has 0 radical (unpaired) electrons. The number of thiophene rings is 1. The second-order valence-electron chi connectivity index (χ2n) is 6.84. The highest BCUT2D eigenvalue weighted by Crippen LogP contribution is 2.36. The molecule has 1 unspecified atom stereocenters. The molecule has 4 nitrogen and oxygen atoms in total. The molecule has 0 saturated heterocycles. The predicted octanol–water partition coefficient (Wildman–Crippen LogP) is 5.28. The highest BCUT2D eigenvalue weighted by molar-refractivity contribution is 7.19. The van der Waals surface area contributed by atoms with E-state index in [0.29, 0.717) is 17.3 Å². The van der Waals surface area contributed by atoms with Crippen LogP contribution in [0.3, 0.4) is 0 Å². The Hall–Kier alpha value is -2.47. The minimum absolute atomic E-state index is 0.0802. The van der Waals surface area contributed by atoms with Gasteiger partial charge in [0.2, 0.25) is 0 Å². The number of benzene rings is 1. The quantitative estimate of drug-likeness (QED) is 0.470. The van der Waals surface area contributed by atoms with Gasteiger partial charge in [-0.1, -0.05) is 36.7 Å². The standard InChI is InChI=1S/C22H20ClN3OS/c1-13(12-27)14-7-8-25-19(10-14)17-4-2-3-15-9-16(28-22(15)17)11-20-18(23)5-6-21(24)26-20/h2-10,13,27H,11-12H2,1H3,(H2,24,26). The van der Waals surface area contributed by atoms with E-state index >= 15 is 0 Å². The maximum atomic E-state index is 9.46. The number of nitrogens with zero attached hydrogens (tertiary/aromatic N) is 2. The van der Waals surface area contributed by atoms with Gasteiger partial charge in [0.05, 0.1) is 16.4 Å². The summed E-state index contributed by atoms with van der Waals surface area (Å²) in [7, 11) is 0. The van der Waals surface area contributed by atoms with Crippen molar-refractivity contribution in [2.45, 2.75) is 19.3 Å². The number of aliphatic hydroxyl groups is 1. The predicted molar refractivity (Wildman–Crippen MR) is 117 cm³/mol. The van der Waals surface area contributed by atoms with Gasteiger partial charge in [0.25, 0.3) is 0 Å². The van der Waals surface area contributed by atoms with Crippen molar-refractivity contribution in [2.24, 2.45) is 0 Å². The van der Waals surface area contributed by atoms with Crippen LogP contribution in [0.1, 0.15) is 29.0 Å². The van der Waals surface area contributed by atoms with E-state index in [0.717, 1.165) is 22.5 Å². The van der Waals surface area contributed by atoms with Crippen LogP contribution in [0.25, 0.3) is 21.3 Å². The summed E-state index contributed by atoms with van der Waals surface area (Å²) in [6, 6.07) is 15.9. The Morgan fingerprint density at radius 1 is 1.18 bits per heavy atom. The summed E-state index contributed by atoms with van der Waals surface area (Å²) in [5.41, 5.74) is 9.68. The van der Waals surface area contributed by atoms with Crippen LogP contribution in [-0.4, -0.2) is 21.7 Å². The zero-order valence-electron chi connectivity index (χ0n) is 15.4. The Bertz CT molecular complexity index is 1140. The molecule has 0 spiro atoms. The number of aliphatic hydroxyl groups excluding tert-OH is 1. The lowest BCUT2D eigenvalue weighted by Gasteiger charge is -2.10. The van der Waals surface area contributed by atoms with E-state index in [1.54, 1.807) is 29.7 Å². The summed E-state index contributed by atoms with van der Waals surface area (Å²) in [6.45, 7) is 2.12. The Morgan fingerprint density at radius 3 is 2.86 bits per heavy atom. The summed E-state index contributed by atoms with van der Waals surface area (Å²) in [5, 5.41) is 11.3. The van der Waals surface area contributed by atoms with Crippen molar-refractivity contribution >= 4 is 38.8 Å². The van der Waals surface area contributed by atoms with Gasteiger partial charge in [-0.2, -0.15) is 0 Å². The van der Waals surface area contributed by atoms with Crippen molar-refractivity contribution in [3.63, 3.8) is 0 Å². The average Bonchev–Trinajstić information content (AvgIpc) is 3.12. The topological polar surface area (TPSA) is 72.0 Å². The Kier molecular flexibility index (Phi) is 5.31. The Labute approximate surface area is 172 Å². The van der Waals surface area contributed by atoms with Gasteiger partial charge in [0.1, 0.15) is 5.82 Å². The summed E-state index contributed by atoms with van der Waals surface area (Å²) in [4.78, 5) is 10.1. The molecule has 4 rings (SSSR count). The van der Waals surface area contributed by atoms with E-state index in [-0.39, 0.29) is 12.5 Å². The van der Waals surface area contributed by atoms with Gasteiger partial charge in [-0.3, -0.25) is 4.98 Å². The second kappa shape index (κ2) is 7.87. The molecular formula is C22H20ClN3OS. The van der Waals surface area contributed by atoms with Crippen LogP contribution in [0.5, 0.6) is 0 Å². The third-order valence-electron chi connectivity index (χ3n) is 4.78. The number of pyridine rings is 2. The number of aromatic nitrogens is 2. The maximum Gasteiger partial charge on any atom is 0.123 e. The zero-order chi connectivity index (χ0) is 19.7. The highest BCUT2D eigenvalue weighted by atomic mass is 35.5. The minimum Gasteiger partial charge on any atom is -0.396 e. The minimum atomic E-state index is 0.0802. The number of nitrogens with two attached hydrogens (primary N) is 1. The highest BCUT2D eigenvalue weighted by Gasteiger charge is 2.13. The van der Waals surface area contributed by atoms with Gasteiger partial charge < -0.3 is 10.8 Å². The van der Waals surface area contributed by atoms with Gasteiger partial charge in [-0.15, -0.1) is 11.3 Å². The molecular weight excluding hydrogens is 390 g/mol. The van der Waals surface area contributed by atoms with Gasteiger partial charge >= 0.3 is 0 Å². The van der Waals surface area contributed by atoms with E-state index in [9.17, 15) is 5.11 Å². The van der Waals surface area contributed by atoms with Crippen LogP contribution < -0.4 is 5.73 Å². The molecule has 0 bridgehead atoms. The lowest BCUT2D eigenvalue weighted by atomic mass is 10.0. The van der Waals surface area contributed by atoms with Crippen molar-refractivity contribution in [1.29, 1.82) is 0 Å². The first-order valence-electron chi connectivity index (χ1n) is 9.04. The van der Waals surface area contributed by atoms with E-state index in [1.165, 1.54) is 15.0 Å². The van der Waals surface area contributed by atoms with Crippen LogP contribution in [-0.2, 0) is 6.42 Å². The molecule has 0 aliphatic rings. The van der Waals surface area contributed by atoms with Crippen molar-refractivity contribution < 1.29 is 5.11 Å². The molecule has 6 heteroatoms. The first-order valence-corrected chi connectivity index (χ1v) is 10.2. The Morgan fingerprint density at radius 2 is 2.04 bits per heavy atom. The van der Waals surface area contributed by atoms with Crippen LogP contribution >= 0.6 is 22.9 Å². The molecule has 1 aromatic carbocycles. The normalized spacial score (nSPS) is 12.4. The molecule has 3 aromatic heterocycles. The first kappa shape index (κ1) is 18.9. The van der Waals surface area contributed by atoms with E-state index in [4.69, 9.17) is 17.3 Å². The number of nitrogen functional groups attached to an aromatic ring is 1. The van der Waals surface area contributed by atoms with E-state index in [1.807, 2.05) is 19.1 Å².